The summed E-state index contributed by atoms with van der Waals surface area (Å²) in [4.78, 5) is 17.9. The van der Waals surface area contributed by atoms with E-state index in [9.17, 15) is 4.79 Å². The molecule has 16 heavy (non-hydrogen) atoms. The zero-order chi connectivity index (χ0) is 12.3. The maximum absolute atomic E-state index is 12.0. The van der Waals surface area contributed by atoms with E-state index in [1.165, 1.54) is 4.90 Å². The predicted octanol–water partition coefficient (Wildman–Crippen LogP) is 1.14. The summed E-state index contributed by atoms with van der Waals surface area (Å²) < 4.78 is 0. The molecule has 0 aliphatic rings. The third kappa shape index (κ3) is 2.76. The molecule has 86 valence electrons. The number of nitrogens with two attached hydrogens (primary N) is 1. The minimum Gasteiger partial charge on any atom is -0.392 e. The van der Waals surface area contributed by atoms with Gasteiger partial charge in [-0.05, 0) is 26.0 Å². The first-order chi connectivity index (χ1) is 7.43. The van der Waals surface area contributed by atoms with Gasteiger partial charge in [-0.15, -0.1) is 0 Å². The summed E-state index contributed by atoms with van der Waals surface area (Å²) in [6.45, 7) is 3.66. The molecular weight excluding hydrogens is 222 g/mol. The molecule has 5 heteroatoms. The van der Waals surface area contributed by atoms with E-state index in [0.717, 1.165) is 5.69 Å². The Balaban J connectivity index is 2.86. The maximum atomic E-state index is 12.0. The highest BCUT2D eigenvalue weighted by atomic mass is 32.1. The lowest BCUT2D eigenvalue weighted by Crippen LogP contribution is -2.42. The Morgan fingerprint density at radius 1 is 1.56 bits per heavy atom. The van der Waals surface area contributed by atoms with Crippen LogP contribution in [0.2, 0.25) is 0 Å². The number of aryl methyl sites for hydroxylation is 1. The van der Waals surface area contributed by atoms with Crippen molar-refractivity contribution in [2.24, 2.45) is 5.73 Å². The van der Waals surface area contributed by atoms with Crippen molar-refractivity contribution < 1.29 is 4.79 Å². The van der Waals surface area contributed by atoms with Crippen molar-refractivity contribution in [3.8, 4) is 0 Å². The number of carbonyl (C=O) groups excluding carboxylic acids is 1. The number of nitrogens with zero attached hydrogens (tertiary/aromatic N) is 2. The Labute approximate surface area is 100 Å². The molecule has 0 saturated carbocycles. The molecule has 1 amide bonds. The van der Waals surface area contributed by atoms with Crippen LogP contribution in [0.5, 0.6) is 0 Å². The monoisotopic (exact) mass is 237 g/mol. The van der Waals surface area contributed by atoms with Gasteiger partial charge in [0.2, 0.25) is 0 Å². The van der Waals surface area contributed by atoms with Crippen LogP contribution in [-0.2, 0) is 0 Å². The van der Waals surface area contributed by atoms with Crippen LogP contribution in [0.1, 0.15) is 23.0 Å². The normalized spacial score (nSPS) is 11.9. The van der Waals surface area contributed by atoms with Crippen LogP contribution < -0.4 is 5.73 Å². The Kier molecular flexibility index (Phi) is 3.95. The number of aromatic nitrogens is 1. The van der Waals surface area contributed by atoms with E-state index in [1.54, 1.807) is 32.3 Å². The molecule has 2 N–H and O–H groups in total. The van der Waals surface area contributed by atoms with Crippen molar-refractivity contribution in [1.29, 1.82) is 0 Å². The van der Waals surface area contributed by atoms with Gasteiger partial charge in [0.15, 0.2) is 0 Å². The number of thiocarbonyl (C=S) groups is 1. The van der Waals surface area contributed by atoms with E-state index >= 15 is 0 Å². The smallest absolute Gasteiger partial charge is 0.255 e. The first kappa shape index (κ1) is 12.6. The Hall–Kier alpha value is -1.49. The lowest BCUT2D eigenvalue weighted by atomic mass is 10.2. The topological polar surface area (TPSA) is 59.2 Å². The minimum absolute atomic E-state index is 0.132. The fourth-order valence-corrected chi connectivity index (χ4v) is 1.32. The number of pyridine rings is 1. The summed E-state index contributed by atoms with van der Waals surface area (Å²) in [7, 11) is 1.67. The zero-order valence-corrected chi connectivity index (χ0v) is 10.4. The molecule has 1 aromatic heterocycles. The van der Waals surface area contributed by atoms with Crippen LogP contribution in [0.25, 0.3) is 0 Å². The first-order valence-electron chi connectivity index (χ1n) is 4.92. The average Bonchev–Trinajstić information content (AvgIpc) is 2.27. The van der Waals surface area contributed by atoms with Crippen molar-refractivity contribution in [3.05, 3.63) is 29.6 Å². The highest BCUT2D eigenvalue weighted by Gasteiger charge is 2.19. The summed E-state index contributed by atoms with van der Waals surface area (Å²) in [5, 5.41) is 0. The summed E-state index contributed by atoms with van der Waals surface area (Å²) in [6.07, 6.45) is 1.56. The third-order valence-electron chi connectivity index (χ3n) is 2.47. The second-order valence-corrected chi connectivity index (χ2v) is 4.15. The molecule has 0 aliphatic heterocycles. The van der Waals surface area contributed by atoms with Gasteiger partial charge in [-0.1, -0.05) is 12.2 Å². The van der Waals surface area contributed by atoms with E-state index < -0.39 is 0 Å². The van der Waals surface area contributed by atoms with Gasteiger partial charge in [-0.3, -0.25) is 9.78 Å². The van der Waals surface area contributed by atoms with E-state index in [-0.39, 0.29) is 11.9 Å². The fraction of sp³-hybridized carbons (Fsp3) is 0.364. The predicted molar refractivity (Wildman–Crippen MR) is 67.3 cm³/mol. The number of carbonyl (C=O) groups is 1. The molecule has 0 bridgehead atoms. The number of hydrogen-bond donors (Lipinski definition) is 1. The number of rotatable bonds is 3. The average molecular weight is 237 g/mol. The molecule has 1 atom stereocenters. The van der Waals surface area contributed by atoms with Crippen molar-refractivity contribution in [3.63, 3.8) is 0 Å². The SMILES string of the molecule is Cc1ccc(C(=O)N(C)C(C)C(N)=S)cn1. The van der Waals surface area contributed by atoms with Crippen LogP contribution in [-0.4, -0.2) is 33.9 Å². The molecule has 0 radical (unpaired) electrons. The van der Waals surface area contributed by atoms with Crippen LogP contribution >= 0.6 is 12.2 Å². The Bertz CT molecular complexity index is 402. The van der Waals surface area contributed by atoms with Crippen LogP contribution in [0.3, 0.4) is 0 Å². The minimum atomic E-state index is -0.260. The van der Waals surface area contributed by atoms with Crippen molar-refractivity contribution in [2.75, 3.05) is 7.05 Å². The van der Waals surface area contributed by atoms with Gasteiger partial charge in [0.05, 0.1) is 16.6 Å². The van der Waals surface area contributed by atoms with Gasteiger partial charge in [0, 0.05) is 18.9 Å². The molecule has 0 aliphatic carbocycles. The summed E-state index contributed by atoms with van der Waals surface area (Å²) in [5.74, 6) is -0.132. The van der Waals surface area contributed by atoms with Gasteiger partial charge in [-0.2, -0.15) is 0 Å². The number of hydrogen-bond acceptors (Lipinski definition) is 3. The van der Waals surface area contributed by atoms with Gasteiger partial charge in [0.25, 0.3) is 5.91 Å². The van der Waals surface area contributed by atoms with E-state index in [0.29, 0.717) is 10.6 Å². The summed E-state index contributed by atoms with van der Waals surface area (Å²) in [6, 6.07) is 3.28. The maximum Gasteiger partial charge on any atom is 0.255 e. The van der Waals surface area contributed by atoms with Gasteiger partial charge < -0.3 is 10.6 Å². The molecular formula is C11H15N3OS. The molecule has 1 unspecified atom stereocenters. The van der Waals surface area contributed by atoms with Crippen molar-refractivity contribution in [1.82, 2.24) is 9.88 Å². The van der Waals surface area contributed by atoms with Gasteiger partial charge in [0.1, 0.15) is 0 Å². The fourth-order valence-electron chi connectivity index (χ4n) is 1.16. The summed E-state index contributed by atoms with van der Waals surface area (Å²) >= 11 is 4.85. The molecule has 1 rings (SSSR count). The van der Waals surface area contributed by atoms with Crippen molar-refractivity contribution in [2.45, 2.75) is 19.9 Å². The van der Waals surface area contributed by atoms with Crippen molar-refractivity contribution >= 4 is 23.1 Å². The van der Waals surface area contributed by atoms with Crippen LogP contribution in [0, 0.1) is 6.92 Å². The summed E-state index contributed by atoms with van der Waals surface area (Å²) in [5.41, 5.74) is 6.91. The molecule has 4 nitrogen and oxygen atoms in total. The Morgan fingerprint density at radius 2 is 2.19 bits per heavy atom. The van der Waals surface area contributed by atoms with Gasteiger partial charge >= 0.3 is 0 Å². The van der Waals surface area contributed by atoms with E-state index in [1.807, 2.05) is 6.92 Å². The van der Waals surface area contributed by atoms with Gasteiger partial charge in [-0.25, -0.2) is 0 Å². The second-order valence-electron chi connectivity index (χ2n) is 3.68. The largest absolute Gasteiger partial charge is 0.392 e. The molecule has 0 aromatic carbocycles. The Morgan fingerprint density at radius 3 is 2.62 bits per heavy atom. The molecule has 1 heterocycles. The third-order valence-corrected chi connectivity index (χ3v) is 2.81. The van der Waals surface area contributed by atoms with Crippen LogP contribution in [0.15, 0.2) is 18.3 Å². The molecule has 0 saturated heterocycles. The highest BCUT2D eigenvalue weighted by Crippen LogP contribution is 2.06. The first-order valence-corrected chi connectivity index (χ1v) is 5.33. The quantitative estimate of drug-likeness (QED) is 0.801. The van der Waals surface area contributed by atoms with E-state index in [4.69, 9.17) is 18.0 Å². The highest BCUT2D eigenvalue weighted by molar-refractivity contribution is 7.80. The zero-order valence-electron chi connectivity index (χ0n) is 9.60. The standard InChI is InChI=1S/C11H15N3OS/c1-7-4-5-9(6-13-7)11(15)14(3)8(2)10(12)16/h4-6,8H,1-3H3,(H2,12,16). The second kappa shape index (κ2) is 5.03. The van der Waals surface area contributed by atoms with E-state index in [2.05, 4.69) is 4.98 Å². The lowest BCUT2D eigenvalue weighted by molar-refractivity contribution is 0.0778. The molecule has 0 fully saturated rings. The van der Waals surface area contributed by atoms with Crippen LogP contribution in [0.4, 0.5) is 0 Å². The number of amides is 1. The lowest BCUT2D eigenvalue weighted by Gasteiger charge is -2.23. The number of likely N-dealkylation sites (N-methyl/N-ethyl adjacent to an activating group) is 1. The molecule has 1 aromatic rings. The molecule has 0 spiro atoms.